The van der Waals surface area contributed by atoms with Crippen molar-refractivity contribution in [3.63, 3.8) is 0 Å². The van der Waals surface area contributed by atoms with Crippen molar-refractivity contribution >= 4 is 62.5 Å². The van der Waals surface area contributed by atoms with Crippen LogP contribution >= 0.6 is 34.9 Å². The fourth-order valence-electron chi connectivity index (χ4n) is 3.66. The molecule has 1 N–H and O–H groups in total. The molecule has 7 nitrogen and oxygen atoms in total. The molecule has 0 aliphatic carbocycles. The summed E-state index contributed by atoms with van der Waals surface area (Å²) in [4.78, 5) is 29.0. The molecule has 3 heterocycles. The fourth-order valence-corrected chi connectivity index (χ4v) is 6.58. The lowest BCUT2D eigenvalue weighted by molar-refractivity contribution is -0.116. The van der Waals surface area contributed by atoms with Gasteiger partial charge in [0.1, 0.15) is 5.82 Å². The van der Waals surface area contributed by atoms with Gasteiger partial charge in [-0.05, 0) is 49.2 Å². The normalized spacial score (nSPS) is 13.2. The van der Waals surface area contributed by atoms with Gasteiger partial charge in [-0.25, -0.2) is 4.98 Å². The minimum Gasteiger partial charge on any atom is -0.326 e. The van der Waals surface area contributed by atoms with E-state index in [4.69, 9.17) is 0 Å². The number of benzene rings is 2. The van der Waals surface area contributed by atoms with E-state index in [-0.39, 0.29) is 17.4 Å². The lowest BCUT2D eigenvalue weighted by atomic mass is 9.99. The summed E-state index contributed by atoms with van der Waals surface area (Å²) >= 11 is 4.74. The molecular weight excluding hydrogens is 474 g/mol. The van der Waals surface area contributed by atoms with Gasteiger partial charge in [-0.3, -0.25) is 9.59 Å². The number of hydrogen-bond acceptors (Lipinski definition) is 8. The second-order valence-electron chi connectivity index (χ2n) is 7.51. The third-order valence-electron chi connectivity index (χ3n) is 5.36. The maximum Gasteiger partial charge on any atom is 0.224 e. The third-order valence-corrected chi connectivity index (χ3v) is 8.51. The highest BCUT2D eigenvalue weighted by Gasteiger charge is 2.18. The van der Waals surface area contributed by atoms with Gasteiger partial charge >= 0.3 is 0 Å². The first kappa shape index (κ1) is 22.1. The standard InChI is InChI=1S/C23H21N5O2S3/c1-2-28-20(13-32-23-25-17-5-3-4-6-19(17)33-23)26-27-22(28)31-12-18(29)15-7-9-16-14(11-15)8-10-21(30)24-16/h3-7,9,11H,2,8,10,12-13H2,1H3,(H,24,30). The molecule has 2 aromatic heterocycles. The molecular formula is C23H21N5O2S3. The Morgan fingerprint density at radius 1 is 1.15 bits per heavy atom. The molecule has 0 atom stereocenters. The Morgan fingerprint density at radius 3 is 2.88 bits per heavy atom. The van der Waals surface area contributed by atoms with Crippen LogP contribution in [0, 0.1) is 0 Å². The summed E-state index contributed by atoms with van der Waals surface area (Å²) in [6.45, 7) is 2.79. The van der Waals surface area contributed by atoms with Gasteiger partial charge in [0.05, 0.1) is 21.7 Å². The molecule has 33 heavy (non-hydrogen) atoms. The molecule has 0 unspecified atom stereocenters. The first-order valence-electron chi connectivity index (χ1n) is 10.6. The number of aryl methyl sites for hydroxylation is 1. The number of carbonyl (C=O) groups excluding carboxylic acids is 2. The summed E-state index contributed by atoms with van der Waals surface area (Å²) in [6, 6.07) is 13.6. The third kappa shape index (κ3) is 4.83. The number of fused-ring (bicyclic) bond motifs is 2. The first-order valence-corrected chi connectivity index (χ1v) is 13.4. The van der Waals surface area contributed by atoms with Crippen LogP contribution in [0.25, 0.3) is 10.2 Å². The van der Waals surface area contributed by atoms with Crippen molar-refractivity contribution in [2.45, 2.75) is 41.6 Å². The number of nitrogens with one attached hydrogen (secondary N) is 1. The van der Waals surface area contributed by atoms with Crippen LogP contribution in [0.15, 0.2) is 52.0 Å². The average Bonchev–Trinajstić information content (AvgIpc) is 3.43. The van der Waals surface area contributed by atoms with E-state index in [1.807, 2.05) is 30.3 Å². The summed E-state index contributed by atoms with van der Waals surface area (Å²) in [7, 11) is 0. The second kappa shape index (κ2) is 9.66. The molecule has 0 saturated carbocycles. The van der Waals surface area contributed by atoms with E-state index in [2.05, 4.69) is 38.1 Å². The number of amides is 1. The minimum absolute atomic E-state index is 0.0214. The van der Waals surface area contributed by atoms with E-state index in [0.29, 0.717) is 24.2 Å². The molecule has 0 saturated heterocycles. The van der Waals surface area contributed by atoms with E-state index in [1.165, 1.54) is 16.5 Å². The van der Waals surface area contributed by atoms with E-state index in [9.17, 15) is 9.59 Å². The number of thiazole rings is 1. The van der Waals surface area contributed by atoms with Crippen LogP contribution in [-0.4, -0.2) is 37.2 Å². The van der Waals surface area contributed by atoms with Crippen molar-refractivity contribution in [3.05, 3.63) is 59.4 Å². The molecule has 0 bridgehead atoms. The Kier molecular flexibility index (Phi) is 6.48. The number of thioether (sulfide) groups is 2. The summed E-state index contributed by atoms with van der Waals surface area (Å²) in [5, 5.41) is 12.3. The van der Waals surface area contributed by atoms with Gasteiger partial charge in [0.15, 0.2) is 15.3 Å². The zero-order valence-corrected chi connectivity index (χ0v) is 20.4. The maximum absolute atomic E-state index is 12.8. The number of nitrogens with zero attached hydrogens (tertiary/aromatic N) is 4. The molecule has 0 spiro atoms. The smallest absolute Gasteiger partial charge is 0.224 e. The van der Waals surface area contributed by atoms with E-state index >= 15 is 0 Å². The lowest BCUT2D eigenvalue weighted by Crippen LogP contribution is -2.19. The van der Waals surface area contributed by atoms with E-state index in [1.54, 1.807) is 29.2 Å². The highest BCUT2D eigenvalue weighted by molar-refractivity contribution is 8.00. The molecule has 2 aromatic carbocycles. The predicted molar refractivity (Wildman–Crippen MR) is 133 cm³/mol. The quantitative estimate of drug-likeness (QED) is 0.270. The molecule has 1 aliphatic rings. The first-order chi connectivity index (χ1) is 16.1. The van der Waals surface area contributed by atoms with Crippen molar-refractivity contribution < 1.29 is 9.59 Å². The highest BCUT2D eigenvalue weighted by atomic mass is 32.2. The number of aromatic nitrogens is 4. The van der Waals surface area contributed by atoms with E-state index < -0.39 is 0 Å². The SMILES string of the molecule is CCn1c(CSc2nc3ccccc3s2)nnc1SCC(=O)c1ccc2c(c1)CCC(=O)N2. The Balaban J connectivity index is 1.23. The van der Waals surface area contributed by atoms with Gasteiger partial charge < -0.3 is 9.88 Å². The maximum atomic E-state index is 12.8. The van der Waals surface area contributed by atoms with Crippen LogP contribution in [0.4, 0.5) is 5.69 Å². The van der Waals surface area contributed by atoms with Gasteiger partial charge in [0.25, 0.3) is 0 Å². The molecule has 0 fully saturated rings. The number of rotatable bonds is 8. The largest absolute Gasteiger partial charge is 0.326 e. The Morgan fingerprint density at radius 2 is 2.03 bits per heavy atom. The topological polar surface area (TPSA) is 89.8 Å². The summed E-state index contributed by atoms with van der Waals surface area (Å²) in [6.07, 6.45) is 1.12. The van der Waals surface area contributed by atoms with Crippen LogP contribution < -0.4 is 5.32 Å². The molecule has 5 rings (SSSR count). The van der Waals surface area contributed by atoms with Crippen LogP contribution in [0.5, 0.6) is 0 Å². The molecule has 10 heteroatoms. The number of anilines is 1. The fraction of sp³-hybridized carbons (Fsp3) is 0.261. The predicted octanol–water partition coefficient (Wildman–Crippen LogP) is 5.06. The monoisotopic (exact) mass is 495 g/mol. The zero-order valence-electron chi connectivity index (χ0n) is 17.9. The van der Waals surface area contributed by atoms with Gasteiger partial charge in [-0.1, -0.05) is 35.7 Å². The van der Waals surface area contributed by atoms with Crippen molar-refractivity contribution in [2.75, 3.05) is 11.1 Å². The Hall–Kier alpha value is -2.69. The van der Waals surface area contributed by atoms with Crippen LogP contribution in [0.3, 0.4) is 0 Å². The molecule has 168 valence electrons. The van der Waals surface area contributed by atoms with Crippen molar-refractivity contribution in [3.8, 4) is 0 Å². The summed E-state index contributed by atoms with van der Waals surface area (Å²) in [5.74, 6) is 1.89. The van der Waals surface area contributed by atoms with Gasteiger partial charge in [0.2, 0.25) is 5.91 Å². The van der Waals surface area contributed by atoms with Crippen LogP contribution in [0.2, 0.25) is 0 Å². The highest BCUT2D eigenvalue weighted by Crippen LogP contribution is 2.32. The average molecular weight is 496 g/mol. The Labute approximate surface area is 203 Å². The Bertz CT molecular complexity index is 1310. The van der Waals surface area contributed by atoms with E-state index in [0.717, 1.165) is 38.6 Å². The van der Waals surface area contributed by atoms with Crippen molar-refractivity contribution in [1.82, 2.24) is 19.7 Å². The number of carbonyl (C=O) groups is 2. The molecule has 0 radical (unpaired) electrons. The van der Waals surface area contributed by atoms with Crippen molar-refractivity contribution in [1.29, 1.82) is 0 Å². The lowest BCUT2D eigenvalue weighted by Gasteiger charge is -2.17. The zero-order chi connectivity index (χ0) is 22.8. The van der Waals surface area contributed by atoms with Crippen LogP contribution in [0.1, 0.15) is 35.1 Å². The van der Waals surface area contributed by atoms with Gasteiger partial charge in [-0.2, -0.15) is 0 Å². The molecule has 4 aromatic rings. The minimum atomic E-state index is 0.0214. The molecule has 1 amide bonds. The number of hydrogen-bond donors (Lipinski definition) is 1. The van der Waals surface area contributed by atoms with Gasteiger partial charge in [-0.15, -0.1) is 21.5 Å². The van der Waals surface area contributed by atoms with Gasteiger partial charge in [0, 0.05) is 24.2 Å². The number of Topliss-reactive ketones (excluding diaryl/α,β-unsaturated/α-hetero) is 1. The number of ketones is 1. The van der Waals surface area contributed by atoms with Crippen molar-refractivity contribution in [2.24, 2.45) is 0 Å². The molecule has 1 aliphatic heterocycles. The second-order valence-corrected chi connectivity index (χ2v) is 10.7. The van der Waals surface area contributed by atoms with Crippen LogP contribution in [-0.2, 0) is 23.5 Å². The number of para-hydroxylation sites is 1. The summed E-state index contributed by atoms with van der Waals surface area (Å²) in [5.41, 5.74) is 3.49. The summed E-state index contributed by atoms with van der Waals surface area (Å²) < 4.78 is 4.24.